The van der Waals surface area contributed by atoms with Gasteiger partial charge in [-0.2, -0.15) is 0 Å². The molecule has 2 N–H and O–H groups in total. The van der Waals surface area contributed by atoms with Crippen molar-refractivity contribution in [2.24, 2.45) is 0 Å². The Morgan fingerprint density at radius 2 is 2.00 bits per heavy atom. The van der Waals surface area contributed by atoms with E-state index in [-0.39, 0.29) is 18.3 Å². The summed E-state index contributed by atoms with van der Waals surface area (Å²) in [6, 6.07) is 3.47. The van der Waals surface area contributed by atoms with Gasteiger partial charge >= 0.3 is 0 Å². The Balaban J connectivity index is 2.49. The van der Waals surface area contributed by atoms with E-state index in [0.29, 0.717) is 24.2 Å². The second kappa shape index (κ2) is 6.77. The molecule has 0 aliphatic heterocycles. The maximum atomic E-state index is 13.4. The molecular formula is C14H17FN2O. The molecule has 0 aliphatic rings. The Hall–Kier alpha value is -1.86. The highest BCUT2D eigenvalue weighted by atomic mass is 19.1. The zero-order valence-electron chi connectivity index (χ0n) is 10.6. The zero-order chi connectivity index (χ0) is 13.5. The molecule has 0 bridgehead atoms. The summed E-state index contributed by atoms with van der Waals surface area (Å²) >= 11 is 0. The highest BCUT2D eigenvalue weighted by Gasteiger charge is 2.05. The smallest absolute Gasteiger partial charge is 0.234 e. The Morgan fingerprint density at radius 3 is 2.56 bits per heavy atom. The molecule has 3 nitrogen and oxygen atoms in total. The van der Waals surface area contributed by atoms with Crippen molar-refractivity contribution in [2.45, 2.75) is 20.4 Å². The molecule has 0 saturated carbocycles. The number of aryl methyl sites for hydroxylation is 2. The van der Waals surface area contributed by atoms with Crippen molar-refractivity contribution < 1.29 is 9.18 Å². The SMILES string of the molecule is C#CCNCC(=O)NCc1cc(C)c(F)c(C)c1. The molecule has 1 aromatic carbocycles. The van der Waals surface area contributed by atoms with Gasteiger partial charge < -0.3 is 5.32 Å². The number of rotatable bonds is 5. The van der Waals surface area contributed by atoms with E-state index in [2.05, 4.69) is 16.6 Å². The molecule has 1 amide bonds. The van der Waals surface area contributed by atoms with Gasteiger partial charge in [-0.25, -0.2) is 4.39 Å². The minimum atomic E-state index is -0.194. The summed E-state index contributed by atoms with van der Waals surface area (Å²) in [5, 5.41) is 5.53. The zero-order valence-corrected chi connectivity index (χ0v) is 10.6. The van der Waals surface area contributed by atoms with Crippen LogP contribution in [0.3, 0.4) is 0 Å². The van der Waals surface area contributed by atoms with Crippen molar-refractivity contribution in [1.29, 1.82) is 0 Å². The minimum absolute atomic E-state index is 0.134. The van der Waals surface area contributed by atoms with Crippen LogP contribution in [0.4, 0.5) is 4.39 Å². The van der Waals surface area contributed by atoms with Gasteiger partial charge in [0.05, 0.1) is 13.1 Å². The molecule has 1 aromatic rings. The molecular weight excluding hydrogens is 231 g/mol. The maximum Gasteiger partial charge on any atom is 0.234 e. The molecule has 0 aliphatic carbocycles. The van der Waals surface area contributed by atoms with Crippen LogP contribution in [0.1, 0.15) is 16.7 Å². The Labute approximate surface area is 107 Å². The van der Waals surface area contributed by atoms with Crippen molar-refractivity contribution >= 4 is 5.91 Å². The van der Waals surface area contributed by atoms with Gasteiger partial charge in [-0.15, -0.1) is 6.42 Å². The van der Waals surface area contributed by atoms with Gasteiger partial charge in [-0.1, -0.05) is 18.1 Å². The van der Waals surface area contributed by atoms with E-state index in [1.165, 1.54) is 0 Å². The number of hydrogen-bond donors (Lipinski definition) is 2. The normalized spacial score (nSPS) is 9.89. The van der Waals surface area contributed by atoms with Crippen molar-refractivity contribution in [3.63, 3.8) is 0 Å². The predicted molar refractivity (Wildman–Crippen MR) is 69.4 cm³/mol. The number of carbonyl (C=O) groups is 1. The molecule has 0 aromatic heterocycles. The molecule has 0 fully saturated rings. The van der Waals surface area contributed by atoms with Gasteiger partial charge in [0.2, 0.25) is 5.91 Å². The summed E-state index contributed by atoms with van der Waals surface area (Å²) in [6.07, 6.45) is 5.05. The van der Waals surface area contributed by atoms with Crippen molar-refractivity contribution in [1.82, 2.24) is 10.6 Å². The van der Waals surface area contributed by atoms with Crippen LogP contribution in [-0.4, -0.2) is 19.0 Å². The molecule has 0 radical (unpaired) electrons. The fourth-order valence-corrected chi connectivity index (χ4v) is 1.65. The van der Waals surface area contributed by atoms with Gasteiger partial charge in [0, 0.05) is 6.54 Å². The summed E-state index contributed by atoms with van der Waals surface area (Å²) in [6.45, 7) is 4.36. The number of benzene rings is 1. The van der Waals surface area contributed by atoms with Gasteiger partial charge in [-0.3, -0.25) is 10.1 Å². The lowest BCUT2D eigenvalue weighted by molar-refractivity contribution is -0.120. The Kier molecular flexibility index (Phi) is 5.34. The third-order valence-corrected chi connectivity index (χ3v) is 2.50. The maximum absolute atomic E-state index is 13.4. The van der Waals surface area contributed by atoms with Crippen molar-refractivity contribution in [3.8, 4) is 12.3 Å². The summed E-state index contributed by atoms with van der Waals surface area (Å²) < 4.78 is 13.4. The molecule has 0 atom stereocenters. The van der Waals surface area contributed by atoms with Crippen LogP contribution in [0.25, 0.3) is 0 Å². The molecule has 1 rings (SSSR count). The van der Waals surface area contributed by atoms with Crippen molar-refractivity contribution in [2.75, 3.05) is 13.1 Å². The number of halogens is 1. The minimum Gasteiger partial charge on any atom is -0.351 e. The fourth-order valence-electron chi connectivity index (χ4n) is 1.65. The highest BCUT2D eigenvalue weighted by molar-refractivity contribution is 5.78. The highest BCUT2D eigenvalue weighted by Crippen LogP contribution is 2.14. The first-order valence-electron chi connectivity index (χ1n) is 5.71. The van der Waals surface area contributed by atoms with E-state index >= 15 is 0 Å². The molecule has 0 unspecified atom stereocenters. The van der Waals surface area contributed by atoms with Crippen LogP contribution in [0.5, 0.6) is 0 Å². The van der Waals surface area contributed by atoms with Gasteiger partial charge in [0.15, 0.2) is 0 Å². The van der Waals surface area contributed by atoms with Crippen LogP contribution >= 0.6 is 0 Å². The Bertz CT molecular complexity index is 454. The number of nitrogens with one attached hydrogen (secondary N) is 2. The third kappa shape index (κ3) is 4.19. The summed E-state index contributed by atoms with van der Waals surface area (Å²) in [5.41, 5.74) is 2.06. The average Bonchev–Trinajstić information content (AvgIpc) is 2.33. The average molecular weight is 248 g/mol. The van der Waals surface area contributed by atoms with Crippen LogP contribution in [-0.2, 0) is 11.3 Å². The standard InChI is InChI=1S/C14H17FN2O/c1-4-5-16-9-13(18)17-8-12-6-10(2)14(15)11(3)7-12/h1,6-7,16H,5,8-9H2,2-3H3,(H,17,18). The van der Waals surface area contributed by atoms with Crippen LogP contribution in [0.2, 0.25) is 0 Å². The number of carbonyl (C=O) groups excluding carboxylic acids is 1. The molecule has 96 valence electrons. The first kappa shape index (κ1) is 14.2. The quantitative estimate of drug-likeness (QED) is 0.609. The molecule has 0 heterocycles. The summed E-state index contributed by atoms with van der Waals surface area (Å²) in [5.74, 6) is 2.06. The lowest BCUT2D eigenvalue weighted by atomic mass is 10.1. The molecule has 4 heteroatoms. The monoisotopic (exact) mass is 248 g/mol. The first-order chi connectivity index (χ1) is 8.54. The lowest BCUT2D eigenvalue weighted by Gasteiger charge is -2.08. The van der Waals surface area contributed by atoms with E-state index < -0.39 is 0 Å². The van der Waals surface area contributed by atoms with Gasteiger partial charge in [0.25, 0.3) is 0 Å². The van der Waals surface area contributed by atoms with E-state index in [1.807, 2.05) is 0 Å². The molecule has 0 spiro atoms. The lowest BCUT2D eigenvalue weighted by Crippen LogP contribution is -2.33. The fraction of sp³-hybridized carbons (Fsp3) is 0.357. The van der Waals surface area contributed by atoms with Crippen molar-refractivity contribution in [3.05, 3.63) is 34.6 Å². The van der Waals surface area contributed by atoms with E-state index in [0.717, 1.165) is 5.56 Å². The first-order valence-corrected chi connectivity index (χ1v) is 5.71. The molecule has 18 heavy (non-hydrogen) atoms. The van der Waals surface area contributed by atoms with E-state index in [4.69, 9.17) is 6.42 Å². The number of terminal acetylenes is 1. The van der Waals surface area contributed by atoms with Crippen LogP contribution in [0.15, 0.2) is 12.1 Å². The third-order valence-electron chi connectivity index (χ3n) is 2.50. The second-order valence-electron chi connectivity index (χ2n) is 4.13. The number of hydrogen-bond acceptors (Lipinski definition) is 2. The summed E-state index contributed by atoms with van der Waals surface area (Å²) in [4.78, 5) is 11.4. The summed E-state index contributed by atoms with van der Waals surface area (Å²) in [7, 11) is 0. The second-order valence-corrected chi connectivity index (χ2v) is 4.13. The van der Waals surface area contributed by atoms with Crippen LogP contribution in [0, 0.1) is 32.0 Å². The van der Waals surface area contributed by atoms with E-state index in [9.17, 15) is 9.18 Å². The van der Waals surface area contributed by atoms with E-state index in [1.54, 1.807) is 26.0 Å². The topological polar surface area (TPSA) is 41.1 Å². The van der Waals surface area contributed by atoms with Crippen LogP contribution < -0.4 is 10.6 Å². The number of amides is 1. The predicted octanol–water partition coefficient (Wildman–Crippen LogP) is 1.28. The van der Waals surface area contributed by atoms with Gasteiger partial charge in [0.1, 0.15) is 5.82 Å². The van der Waals surface area contributed by atoms with Gasteiger partial charge in [-0.05, 0) is 30.5 Å². The largest absolute Gasteiger partial charge is 0.351 e. The molecule has 0 saturated heterocycles. The Morgan fingerprint density at radius 1 is 1.39 bits per heavy atom.